The molecule has 0 saturated heterocycles. The van der Waals surface area contributed by atoms with Gasteiger partial charge in [0.15, 0.2) is 0 Å². The minimum Gasteiger partial charge on any atom is -0.184 e. The predicted molar refractivity (Wildman–Crippen MR) is 255 cm³/mol. The van der Waals surface area contributed by atoms with Crippen LogP contribution < -0.4 is 10.4 Å². The number of rotatable bonds is 6. The maximum atomic E-state index is 3.31. The van der Waals surface area contributed by atoms with Crippen molar-refractivity contribution < 1.29 is 25.8 Å². The number of hydrogen-bond donors (Lipinski definition) is 0. The fraction of sp³-hybridized carbons (Fsp3) is 0.0690. The van der Waals surface area contributed by atoms with Crippen molar-refractivity contribution in [3.05, 3.63) is 230 Å². The van der Waals surface area contributed by atoms with Crippen molar-refractivity contribution in [1.82, 2.24) is 0 Å². The zero-order chi connectivity index (χ0) is 40.0. The van der Waals surface area contributed by atoms with Crippen LogP contribution in [0.2, 0.25) is 0 Å². The predicted octanol–water partition coefficient (Wildman–Crippen LogP) is 14.0. The van der Waals surface area contributed by atoms with Crippen molar-refractivity contribution in [3.63, 3.8) is 0 Å². The Hall–Kier alpha value is -5.93. The molecule has 11 rings (SSSR count). The minimum absolute atomic E-state index is 0. The summed E-state index contributed by atoms with van der Waals surface area (Å²) in [5.41, 5.74) is 16.1. The molecule has 0 unspecified atom stereocenters. The number of benzene rings is 8. The number of hydrogen-bond acceptors (Lipinski definition) is 0. The fourth-order valence-electron chi connectivity index (χ4n) is 8.44. The number of aryl methyl sites for hydroxylation is 2. The summed E-state index contributed by atoms with van der Waals surface area (Å²) in [7, 11) is 0.795. The molecule has 288 valence electrons. The maximum absolute atomic E-state index is 3.31. The Kier molecular flexibility index (Phi) is 12.9. The van der Waals surface area contributed by atoms with Gasteiger partial charge in [0.25, 0.3) is 0 Å². The van der Waals surface area contributed by atoms with E-state index in [-0.39, 0.29) is 25.8 Å². The summed E-state index contributed by atoms with van der Waals surface area (Å²) in [5.74, 6) is 0. The summed E-state index contributed by atoms with van der Waals surface area (Å²) in [6.07, 6.45) is 2.11. The fourth-order valence-corrected chi connectivity index (χ4v) is 9.75. The van der Waals surface area contributed by atoms with Gasteiger partial charge in [-0.2, -0.15) is 29.5 Å². The van der Waals surface area contributed by atoms with Crippen molar-refractivity contribution >= 4 is 41.4 Å². The molecule has 1 heterocycles. The molecular formula is C58H45HfSi-3. The van der Waals surface area contributed by atoms with Gasteiger partial charge in [-0.05, 0) is 35.1 Å². The van der Waals surface area contributed by atoms with Crippen LogP contribution in [0.25, 0.3) is 77.2 Å². The molecular weight excluding hydrogens is 903 g/mol. The Bertz CT molecular complexity index is 2780. The van der Waals surface area contributed by atoms with Gasteiger partial charge in [-0.1, -0.05) is 205 Å². The van der Waals surface area contributed by atoms with Crippen LogP contribution in [-0.2, 0) is 38.7 Å². The van der Waals surface area contributed by atoms with E-state index in [4.69, 9.17) is 0 Å². The molecule has 0 N–H and O–H groups in total. The van der Waals surface area contributed by atoms with Crippen molar-refractivity contribution in [2.75, 3.05) is 0 Å². The van der Waals surface area contributed by atoms with Gasteiger partial charge in [0.2, 0.25) is 0 Å². The van der Waals surface area contributed by atoms with E-state index in [1.807, 2.05) is 6.07 Å². The summed E-state index contributed by atoms with van der Waals surface area (Å²) in [4.78, 5) is 0. The van der Waals surface area contributed by atoms with Gasteiger partial charge in [0.05, 0.1) is 9.52 Å². The molecule has 1 aliphatic rings. The third kappa shape index (κ3) is 8.54. The maximum Gasteiger partial charge on any atom is 0.0920 e. The zero-order valence-electron chi connectivity index (χ0n) is 34.1. The quantitative estimate of drug-likeness (QED) is 0.115. The van der Waals surface area contributed by atoms with E-state index in [1.54, 1.807) is 0 Å². The van der Waals surface area contributed by atoms with Gasteiger partial charge >= 0.3 is 0 Å². The third-order valence-electron chi connectivity index (χ3n) is 11.4. The van der Waals surface area contributed by atoms with Gasteiger partial charge in [-0.3, -0.25) is 0 Å². The topological polar surface area (TPSA) is 0 Å². The van der Waals surface area contributed by atoms with E-state index >= 15 is 0 Å². The Balaban J connectivity index is 0.000000128. The van der Waals surface area contributed by atoms with Gasteiger partial charge in [-0.25, -0.2) is 0 Å². The van der Waals surface area contributed by atoms with Gasteiger partial charge in [0.1, 0.15) is 0 Å². The summed E-state index contributed by atoms with van der Waals surface area (Å²) >= 11 is 0. The van der Waals surface area contributed by atoms with Crippen LogP contribution >= 0.6 is 0 Å². The van der Waals surface area contributed by atoms with Crippen molar-refractivity contribution in [2.24, 2.45) is 0 Å². The number of fused-ring (bicyclic) bond motifs is 5. The smallest absolute Gasteiger partial charge is 0.0920 e. The standard InChI is InChI=1S/2C23H19.C12H7Si.Hf/c2*1-2-17-9-6-7-13-21(17)22-14-8-12-19-15-20(16-23(19)22)18-10-4-3-5-11-18;1-3-7-11-9(5-1)10-6-2-4-8-12(10)13-11;/h2*3-16H,2H2,1H3;1-7H;/q3*-1;. The molecule has 10 aromatic carbocycles. The van der Waals surface area contributed by atoms with Crippen LogP contribution in [0, 0.1) is 6.07 Å². The first-order valence-corrected chi connectivity index (χ1v) is 21.7. The minimum atomic E-state index is 0. The zero-order valence-corrected chi connectivity index (χ0v) is 38.7. The molecule has 0 spiro atoms. The van der Waals surface area contributed by atoms with E-state index in [1.165, 1.54) is 98.7 Å². The van der Waals surface area contributed by atoms with Crippen LogP contribution in [0.15, 0.2) is 212 Å². The van der Waals surface area contributed by atoms with Crippen molar-refractivity contribution in [3.8, 4) is 55.6 Å². The summed E-state index contributed by atoms with van der Waals surface area (Å²) in [6, 6.07) is 79.3. The first-order chi connectivity index (χ1) is 29.2. The summed E-state index contributed by atoms with van der Waals surface area (Å²) in [5, 5.41) is 8.13. The second-order valence-electron chi connectivity index (χ2n) is 15.0. The molecule has 0 atom stereocenters. The molecule has 0 fully saturated rings. The van der Waals surface area contributed by atoms with Crippen LogP contribution in [0.1, 0.15) is 25.0 Å². The molecule has 60 heavy (non-hydrogen) atoms. The Morgan fingerprint density at radius 1 is 0.417 bits per heavy atom. The molecule has 0 aliphatic carbocycles. The van der Waals surface area contributed by atoms with E-state index < -0.39 is 0 Å². The average molecular weight is 949 g/mol. The summed E-state index contributed by atoms with van der Waals surface area (Å²) in [6.45, 7) is 4.44. The molecule has 0 amide bonds. The van der Waals surface area contributed by atoms with Crippen LogP contribution in [0.5, 0.6) is 0 Å². The van der Waals surface area contributed by atoms with Crippen LogP contribution in [0.3, 0.4) is 0 Å². The SMILES string of the molecule is CCc1ccccc1-c1cccc2[cH-]c(-c3ccccc3)cc12.CCc1ccccc1-c1cccc2[cH-]c(-c3ccccc3)cc12.[Hf].[c-]1cccc2c1[Si]c1ccccc1-2. The Morgan fingerprint density at radius 3 is 1.37 bits per heavy atom. The van der Waals surface area contributed by atoms with Gasteiger partial charge in [0, 0.05) is 25.8 Å². The molecule has 0 nitrogen and oxygen atoms in total. The van der Waals surface area contributed by atoms with Crippen molar-refractivity contribution in [2.45, 2.75) is 26.7 Å². The molecule has 2 radical (unpaired) electrons. The molecule has 0 saturated carbocycles. The van der Waals surface area contributed by atoms with E-state index in [9.17, 15) is 0 Å². The average Bonchev–Trinajstić information content (AvgIpc) is 4.06. The van der Waals surface area contributed by atoms with Gasteiger partial charge < -0.3 is 0 Å². The largest absolute Gasteiger partial charge is 0.184 e. The van der Waals surface area contributed by atoms with Crippen molar-refractivity contribution in [1.29, 1.82) is 0 Å². The van der Waals surface area contributed by atoms with Crippen LogP contribution in [-0.4, -0.2) is 9.52 Å². The molecule has 2 heteroatoms. The molecule has 0 aromatic heterocycles. The second-order valence-corrected chi connectivity index (χ2v) is 16.3. The first kappa shape index (κ1) is 40.8. The summed E-state index contributed by atoms with van der Waals surface area (Å²) < 4.78 is 0. The molecule has 1 aliphatic heterocycles. The molecule has 10 aromatic rings. The third-order valence-corrected chi connectivity index (χ3v) is 12.8. The van der Waals surface area contributed by atoms with E-state index in [2.05, 4.69) is 226 Å². The Morgan fingerprint density at radius 2 is 0.850 bits per heavy atom. The normalized spacial score (nSPS) is 11.1. The Labute approximate surface area is 376 Å². The van der Waals surface area contributed by atoms with E-state index in [0.29, 0.717) is 0 Å². The van der Waals surface area contributed by atoms with Gasteiger partial charge in [-0.15, -0.1) is 74.6 Å². The van der Waals surface area contributed by atoms with E-state index in [0.717, 1.165) is 22.4 Å². The second kappa shape index (κ2) is 19.0. The monoisotopic (exact) mass is 949 g/mol. The molecule has 0 bridgehead atoms. The van der Waals surface area contributed by atoms with Crippen LogP contribution in [0.4, 0.5) is 0 Å². The first-order valence-electron chi connectivity index (χ1n) is 20.7.